The van der Waals surface area contributed by atoms with Crippen LogP contribution in [-0.2, 0) is 27.6 Å². The van der Waals surface area contributed by atoms with E-state index in [0.29, 0.717) is 13.0 Å². The van der Waals surface area contributed by atoms with E-state index in [0.717, 1.165) is 52.0 Å². The zero-order valence-corrected chi connectivity index (χ0v) is 21.3. The fraction of sp³-hybridized carbons (Fsp3) is 0.444. The molecule has 0 spiro atoms. The summed E-state index contributed by atoms with van der Waals surface area (Å²) in [5, 5.41) is 0.974. The van der Waals surface area contributed by atoms with Gasteiger partial charge in [-0.2, -0.15) is 0 Å². The van der Waals surface area contributed by atoms with Crippen molar-refractivity contribution in [3.05, 3.63) is 64.9 Å². The van der Waals surface area contributed by atoms with Crippen LogP contribution < -0.4 is 4.90 Å². The van der Waals surface area contributed by atoms with E-state index in [1.165, 1.54) is 0 Å². The molecule has 34 heavy (non-hydrogen) atoms. The molecule has 1 aliphatic heterocycles. The van der Waals surface area contributed by atoms with Crippen molar-refractivity contribution in [3.63, 3.8) is 0 Å². The Balaban J connectivity index is 1.60. The predicted octanol–water partition coefficient (Wildman–Crippen LogP) is 4.65. The number of nitrogens with zero attached hydrogens (tertiary/aromatic N) is 2. The van der Waals surface area contributed by atoms with Gasteiger partial charge in [-0.1, -0.05) is 18.2 Å². The van der Waals surface area contributed by atoms with E-state index >= 15 is 0 Å². The first-order valence-electron chi connectivity index (χ1n) is 12.0. The molecule has 1 amide bonds. The third kappa shape index (κ3) is 5.14. The number of fused-ring (bicyclic) bond motifs is 1. The molecule has 1 unspecified atom stereocenters. The van der Waals surface area contributed by atoms with Crippen molar-refractivity contribution >= 4 is 32.4 Å². The van der Waals surface area contributed by atoms with Gasteiger partial charge in [0.05, 0.1) is 24.2 Å². The highest BCUT2D eigenvalue weighted by Gasteiger charge is 2.35. The maximum atomic E-state index is 13.6. The number of hydrogen-bond acceptors (Lipinski definition) is 5. The van der Waals surface area contributed by atoms with Crippen LogP contribution >= 0.6 is 0 Å². The van der Waals surface area contributed by atoms with Crippen LogP contribution in [0, 0.1) is 13.8 Å². The Kier molecular flexibility index (Phi) is 7.03. The Morgan fingerprint density at radius 1 is 1.09 bits per heavy atom. The lowest BCUT2D eigenvalue weighted by Crippen LogP contribution is -2.41. The summed E-state index contributed by atoms with van der Waals surface area (Å²) in [4.78, 5) is 17.6. The summed E-state index contributed by atoms with van der Waals surface area (Å²) in [6, 6.07) is 12.0. The monoisotopic (exact) mass is 482 g/mol. The van der Waals surface area contributed by atoms with Gasteiger partial charge in [-0.05, 0) is 69.0 Å². The molecule has 6 nitrogen and oxygen atoms in total. The summed E-state index contributed by atoms with van der Waals surface area (Å²) in [7, 11) is -3.12. The topological polar surface area (TPSA) is 70.8 Å². The average molecular weight is 483 g/mol. The minimum Gasteiger partial charge on any atom is -0.464 e. The Hall–Kier alpha value is -2.80. The Bertz CT molecular complexity index is 1270. The van der Waals surface area contributed by atoms with Crippen LogP contribution in [0.4, 0.5) is 5.69 Å². The third-order valence-corrected chi connectivity index (χ3v) is 8.57. The van der Waals surface area contributed by atoms with E-state index in [1.54, 1.807) is 11.2 Å². The van der Waals surface area contributed by atoms with Crippen LogP contribution in [0.5, 0.6) is 0 Å². The molecule has 0 aliphatic carbocycles. The molecule has 0 saturated carbocycles. The summed E-state index contributed by atoms with van der Waals surface area (Å²) in [5.74, 6) is 0.0910. The molecule has 2 heterocycles. The van der Waals surface area contributed by atoms with E-state index in [-0.39, 0.29) is 29.9 Å². The first-order valence-corrected chi connectivity index (χ1v) is 13.8. The SMILES string of the molecule is CCN(CC)c1ccc(CN(C(=O)Cc2coc3cc(C)cc(C)c23)C2CCS(=O)(=O)C2)cc1. The molecule has 182 valence electrons. The van der Waals surface area contributed by atoms with Gasteiger partial charge >= 0.3 is 0 Å². The third-order valence-electron chi connectivity index (χ3n) is 6.82. The number of furan rings is 1. The molecule has 1 fully saturated rings. The van der Waals surface area contributed by atoms with Crippen molar-refractivity contribution in [3.8, 4) is 0 Å². The highest BCUT2D eigenvalue weighted by Crippen LogP contribution is 2.28. The molecule has 3 aromatic rings. The van der Waals surface area contributed by atoms with Crippen molar-refractivity contribution in [2.24, 2.45) is 0 Å². The molecule has 1 aliphatic rings. The lowest BCUT2D eigenvalue weighted by Gasteiger charge is -2.29. The van der Waals surface area contributed by atoms with Gasteiger partial charge in [0.2, 0.25) is 5.91 Å². The second kappa shape index (κ2) is 9.82. The number of rotatable bonds is 8. The van der Waals surface area contributed by atoms with Gasteiger partial charge in [0, 0.05) is 42.3 Å². The van der Waals surface area contributed by atoms with Crippen LogP contribution in [0.15, 0.2) is 47.1 Å². The summed E-state index contributed by atoms with van der Waals surface area (Å²) < 4.78 is 30.2. The van der Waals surface area contributed by atoms with Gasteiger partial charge < -0.3 is 14.2 Å². The van der Waals surface area contributed by atoms with Gasteiger partial charge in [-0.25, -0.2) is 8.42 Å². The minimum absolute atomic E-state index is 0.0284. The number of sulfone groups is 1. The maximum absolute atomic E-state index is 13.6. The van der Waals surface area contributed by atoms with Crippen LogP contribution in [0.2, 0.25) is 0 Å². The number of aryl methyl sites for hydroxylation is 2. The van der Waals surface area contributed by atoms with E-state index in [4.69, 9.17) is 4.42 Å². The van der Waals surface area contributed by atoms with Crippen molar-refractivity contribution in [2.45, 2.75) is 53.1 Å². The first-order chi connectivity index (χ1) is 16.2. The van der Waals surface area contributed by atoms with Crippen LogP contribution in [0.1, 0.15) is 42.5 Å². The zero-order valence-electron chi connectivity index (χ0n) is 20.5. The lowest BCUT2D eigenvalue weighted by atomic mass is 10.0. The molecule has 4 rings (SSSR count). The standard InChI is InChI=1S/C27H34N2O4S/c1-5-28(6-2)23-9-7-21(8-10-23)16-29(24-11-12-34(31,32)18-24)26(30)15-22-17-33-25-14-19(3)13-20(4)27(22)25/h7-10,13-14,17,24H,5-6,11-12,15-16,18H2,1-4H3. The Morgan fingerprint density at radius 3 is 2.41 bits per heavy atom. The Morgan fingerprint density at radius 2 is 1.79 bits per heavy atom. The number of anilines is 1. The number of hydrogen-bond donors (Lipinski definition) is 0. The summed E-state index contributed by atoms with van der Waals surface area (Å²) in [6.07, 6.45) is 2.33. The van der Waals surface area contributed by atoms with E-state index in [2.05, 4.69) is 36.9 Å². The van der Waals surface area contributed by atoms with Gasteiger partial charge in [0.25, 0.3) is 0 Å². The molecule has 2 aromatic carbocycles. The second-order valence-corrected chi connectivity index (χ2v) is 11.5. The Labute approximate surface area is 202 Å². The molecule has 1 atom stereocenters. The zero-order chi connectivity index (χ0) is 24.5. The molecule has 0 N–H and O–H groups in total. The van der Waals surface area contributed by atoms with Gasteiger partial charge in [0.1, 0.15) is 5.58 Å². The van der Waals surface area contributed by atoms with Crippen LogP contribution in [0.3, 0.4) is 0 Å². The number of benzene rings is 2. The molecule has 0 radical (unpaired) electrons. The predicted molar refractivity (Wildman–Crippen MR) is 137 cm³/mol. The van der Waals surface area contributed by atoms with Crippen LogP contribution in [-0.4, -0.2) is 49.9 Å². The minimum atomic E-state index is -3.12. The number of amides is 1. The van der Waals surface area contributed by atoms with Crippen LogP contribution in [0.25, 0.3) is 11.0 Å². The molecule has 1 aromatic heterocycles. The van der Waals surface area contributed by atoms with Crippen molar-refractivity contribution < 1.29 is 17.6 Å². The average Bonchev–Trinajstić information content (AvgIpc) is 3.36. The van der Waals surface area contributed by atoms with E-state index in [1.807, 2.05) is 32.0 Å². The molecule has 0 bridgehead atoms. The lowest BCUT2D eigenvalue weighted by molar-refractivity contribution is -0.133. The first kappa shape index (κ1) is 24.3. The van der Waals surface area contributed by atoms with Gasteiger partial charge in [-0.15, -0.1) is 0 Å². The maximum Gasteiger partial charge on any atom is 0.227 e. The number of carbonyl (C=O) groups is 1. The largest absolute Gasteiger partial charge is 0.464 e. The molecule has 1 saturated heterocycles. The van der Waals surface area contributed by atoms with Crippen molar-refractivity contribution in [1.82, 2.24) is 4.90 Å². The normalized spacial score (nSPS) is 17.2. The summed E-state index contributed by atoms with van der Waals surface area (Å²) in [5.41, 5.74) is 5.96. The summed E-state index contributed by atoms with van der Waals surface area (Å²) >= 11 is 0. The van der Waals surface area contributed by atoms with Gasteiger partial charge in [-0.3, -0.25) is 4.79 Å². The highest BCUT2D eigenvalue weighted by atomic mass is 32.2. The molecular formula is C27H34N2O4S. The van der Waals surface area contributed by atoms with E-state index in [9.17, 15) is 13.2 Å². The molecular weight excluding hydrogens is 448 g/mol. The quantitative estimate of drug-likeness (QED) is 0.467. The van der Waals surface area contributed by atoms with E-state index < -0.39 is 9.84 Å². The fourth-order valence-electron chi connectivity index (χ4n) is 5.06. The highest BCUT2D eigenvalue weighted by molar-refractivity contribution is 7.91. The second-order valence-electron chi connectivity index (χ2n) is 9.31. The van der Waals surface area contributed by atoms with Crippen molar-refractivity contribution in [2.75, 3.05) is 29.5 Å². The smallest absolute Gasteiger partial charge is 0.227 e. The summed E-state index contributed by atoms with van der Waals surface area (Å²) in [6.45, 7) is 10.6. The fourth-order valence-corrected chi connectivity index (χ4v) is 6.79. The molecule has 7 heteroatoms. The van der Waals surface area contributed by atoms with Crippen molar-refractivity contribution in [1.29, 1.82) is 0 Å². The van der Waals surface area contributed by atoms with Gasteiger partial charge in [0.15, 0.2) is 9.84 Å². The number of carbonyl (C=O) groups excluding carboxylic acids is 1.